The number of hydrogen-bond donors (Lipinski definition) is 1. The van der Waals surface area contributed by atoms with E-state index in [-0.39, 0.29) is 11.9 Å². The maximum atomic E-state index is 13.3. The van der Waals surface area contributed by atoms with E-state index in [1.807, 2.05) is 58.9 Å². The lowest BCUT2D eigenvalue weighted by atomic mass is 9.89. The van der Waals surface area contributed by atoms with Gasteiger partial charge in [0.2, 0.25) is 15.9 Å². The molecule has 31 heavy (non-hydrogen) atoms. The molecular weight excluding hydrogens is 412 g/mol. The summed E-state index contributed by atoms with van der Waals surface area (Å²) in [5.74, 6) is 0.404. The molecule has 0 fully saturated rings. The fraction of sp³-hybridized carbons (Fsp3) is 0.458. The van der Waals surface area contributed by atoms with E-state index < -0.39 is 21.7 Å². The third-order valence-corrected chi connectivity index (χ3v) is 7.02. The Labute approximate surface area is 185 Å². The molecule has 6 nitrogen and oxygen atoms in total. The summed E-state index contributed by atoms with van der Waals surface area (Å²) in [5, 5.41) is 3.07. The zero-order valence-electron chi connectivity index (χ0n) is 19.3. The Morgan fingerprint density at radius 1 is 1.13 bits per heavy atom. The third-order valence-electron chi connectivity index (χ3n) is 5.78. The molecule has 1 aliphatic heterocycles. The van der Waals surface area contributed by atoms with Crippen molar-refractivity contribution in [1.29, 1.82) is 0 Å². The van der Waals surface area contributed by atoms with E-state index in [0.717, 1.165) is 34.3 Å². The van der Waals surface area contributed by atoms with E-state index in [2.05, 4.69) is 5.32 Å². The molecule has 3 rings (SSSR count). The molecule has 1 amide bonds. The molecule has 0 bridgehead atoms. The zero-order chi connectivity index (χ0) is 23.1. The van der Waals surface area contributed by atoms with Gasteiger partial charge >= 0.3 is 0 Å². The lowest BCUT2D eigenvalue weighted by Crippen LogP contribution is -2.50. The minimum absolute atomic E-state index is 0.268. The molecule has 2 aromatic carbocycles. The highest BCUT2D eigenvalue weighted by atomic mass is 32.2. The Morgan fingerprint density at radius 3 is 2.42 bits per heavy atom. The van der Waals surface area contributed by atoms with Crippen molar-refractivity contribution in [1.82, 2.24) is 5.32 Å². The van der Waals surface area contributed by atoms with Crippen LogP contribution < -0.4 is 14.4 Å². The van der Waals surface area contributed by atoms with Crippen molar-refractivity contribution in [3.8, 4) is 5.75 Å². The average molecular weight is 445 g/mol. The number of ether oxygens (including phenoxy) is 1. The van der Waals surface area contributed by atoms with Gasteiger partial charge in [0.15, 0.2) is 0 Å². The smallest absolute Gasteiger partial charge is 0.244 e. The van der Waals surface area contributed by atoms with Gasteiger partial charge in [-0.05, 0) is 76.4 Å². The summed E-state index contributed by atoms with van der Waals surface area (Å²) in [6.45, 7) is 11.5. The van der Waals surface area contributed by atoms with Gasteiger partial charge in [-0.2, -0.15) is 0 Å². The second kappa shape index (κ2) is 8.19. The number of hydrogen-bond acceptors (Lipinski definition) is 4. The summed E-state index contributed by atoms with van der Waals surface area (Å²) >= 11 is 0. The Morgan fingerprint density at radius 2 is 1.81 bits per heavy atom. The van der Waals surface area contributed by atoms with Crippen LogP contribution in [0.1, 0.15) is 55.5 Å². The van der Waals surface area contributed by atoms with Gasteiger partial charge in [0.1, 0.15) is 17.4 Å². The van der Waals surface area contributed by atoms with Crippen molar-refractivity contribution in [2.24, 2.45) is 0 Å². The van der Waals surface area contributed by atoms with Crippen LogP contribution >= 0.6 is 0 Å². The van der Waals surface area contributed by atoms with Crippen molar-refractivity contribution in [3.05, 3.63) is 58.7 Å². The summed E-state index contributed by atoms with van der Waals surface area (Å²) in [6.07, 6.45) is 1.71. The van der Waals surface area contributed by atoms with Crippen LogP contribution in [-0.4, -0.2) is 32.2 Å². The Bertz CT molecular complexity index is 1110. The van der Waals surface area contributed by atoms with Crippen molar-refractivity contribution in [2.75, 3.05) is 10.6 Å². The predicted molar refractivity (Wildman–Crippen MR) is 124 cm³/mol. The molecule has 1 aliphatic rings. The Hall–Kier alpha value is -2.54. The highest BCUT2D eigenvalue weighted by Crippen LogP contribution is 2.40. The minimum Gasteiger partial charge on any atom is -0.487 e. The van der Waals surface area contributed by atoms with Gasteiger partial charge < -0.3 is 10.1 Å². The highest BCUT2D eigenvalue weighted by Gasteiger charge is 2.37. The molecule has 0 saturated carbocycles. The maximum absolute atomic E-state index is 13.3. The van der Waals surface area contributed by atoms with Gasteiger partial charge in [-0.1, -0.05) is 18.2 Å². The summed E-state index contributed by atoms with van der Waals surface area (Å²) in [4.78, 5) is 13.3. The van der Waals surface area contributed by atoms with Gasteiger partial charge in [-0.25, -0.2) is 8.42 Å². The molecule has 2 aromatic rings. The quantitative estimate of drug-likeness (QED) is 0.750. The standard InChI is InChI=1S/C24H32N2O4S/c1-15-8-11-20-21(14-24(5,6)30-22(20)12-15)25-23(27)18(4)26(31(7,28)29)19-10-9-16(2)17(3)13-19/h8-13,18,21H,14H2,1-7H3,(H,25,27)/t18-,21-/m0/s1. The highest BCUT2D eigenvalue weighted by molar-refractivity contribution is 7.92. The molecule has 168 valence electrons. The molecule has 0 unspecified atom stereocenters. The number of anilines is 1. The number of rotatable bonds is 5. The number of fused-ring (bicyclic) bond motifs is 1. The summed E-state index contributed by atoms with van der Waals surface area (Å²) in [6, 6.07) is 10.2. The third kappa shape index (κ3) is 5.03. The number of sulfonamides is 1. The molecule has 0 saturated heterocycles. The first kappa shape index (κ1) is 23.1. The van der Waals surface area contributed by atoms with E-state index >= 15 is 0 Å². The van der Waals surface area contributed by atoms with E-state index in [0.29, 0.717) is 12.1 Å². The number of aryl methyl sites for hydroxylation is 3. The van der Waals surface area contributed by atoms with Crippen LogP contribution in [0.2, 0.25) is 0 Å². The van der Waals surface area contributed by atoms with Gasteiger partial charge in [-0.3, -0.25) is 9.10 Å². The van der Waals surface area contributed by atoms with Crippen molar-refractivity contribution in [3.63, 3.8) is 0 Å². The molecule has 0 radical (unpaired) electrons. The van der Waals surface area contributed by atoms with Crippen LogP contribution in [0.5, 0.6) is 5.75 Å². The lowest BCUT2D eigenvalue weighted by molar-refractivity contribution is -0.123. The molecule has 0 aromatic heterocycles. The summed E-state index contributed by atoms with van der Waals surface area (Å²) in [5.41, 5.74) is 4.04. The number of benzene rings is 2. The van der Waals surface area contributed by atoms with Crippen molar-refractivity contribution in [2.45, 2.75) is 65.6 Å². The molecule has 2 atom stereocenters. The van der Waals surface area contributed by atoms with Crippen molar-refractivity contribution >= 4 is 21.6 Å². The van der Waals surface area contributed by atoms with Gasteiger partial charge in [0.25, 0.3) is 0 Å². The van der Waals surface area contributed by atoms with E-state index in [9.17, 15) is 13.2 Å². The monoisotopic (exact) mass is 444 g/mol. The average Bonchev–Trinajstić information content (AvgIpc) is 2.62. The molecule has 1 N–H and O–H groups in total. The largest absolute Gasteiger partial charge is 0.487 e. The van der Waals surface area contributed by atoms with Crippen molar-refractivity contribution < 1.29 is 17.9 Å². The van der Waals surface area contributed by atoms with Crippen LogP contribution in [-0.2, 0) is 14.8 Å². The molecule has 0 aliphatic carbocycles. The fourth-order valence-corrected chi connectivity index (χ4v) is 5.22. The second-order valence-electron chi connectivity index (χ2n) is 9.17. The minimum atomic E-state index is -3.67. The van der Waals surface area contributed by atoms with E-state index in [1.165, 1.54) is 4.31 Å². The normalized spacial score (nSPS) is 18.5. The second-order valence-corrected chi connectivity index (χ2v) is 11.0. The predicted octanol–water partition coefficient (Wildman–Crippen LogP) is 4.18. The lowest BCUT2D eigenvalue weighted by Gasteiger charge is -2.39. The number of amides is 1. The molecule has 0 spiro atoms. The number of carbonyl (C=O) groups is 1. The first-order valence-corrected chi connectivity index (χ1v) is 12.3. The maximum Gasteiger partial charge on any atom is 0.244 e. The van der Waals surface area contributed by atoms with Crippen LogP contribution in [0.3, 0.4) is 0 Å². The summed E-state index contributed by atoms with van der Waals surface area (Å²) < 4.78 is 32.6. The van der Waals surface area contributed by atoms with Crippen LogP contribution in [0.15, 0.2) is 36.4 Å². The van der Waals surface area contributed by atoms with Gasteiger partial charge in [0, 0.05) is 12.0 Å². The molecule has 7 heteroatoms. The van der Waals surface area contributed by atoms with Crippen LogP contribution in [0, 0.1) is 20.8 Å². The first-order chi connectivity index (χ1) is 14.3. The van der Waals surface area contributed by atoms with Gasteiger partial charge in [0.05, 0.1) is 18.0 Å². The zero-order valence-corrected chi connectivity index (χ0v) is 20.1. The number of nitrogens with zero attached hydrogens (tertiary/aromatic N) is 1. The van der Waals surface area contributed by atoms with E-state index in [4.69, 9.17) is 4.74 Å². The number of carbonyl (C=O) groups excluding carboxylic acids is 1. The Balaban J connectivity index is 1.92. The van der Waals surface area contributed by atoms with Gasteiger partial charge in [-0.15, -0.1) is 0 Å². The summed E-state index contributed by atoms with van der Waals surface area (Å²) in [7, 11) is -3.67. The molecular formula is C24H32N2O4S. The topological polar surface area (TPSA) is 75.7 Å². The molecule has 1 heterocycles. The van der Waals surface area contributed by atoms with Crippen LogP contribution in [0.4, 0.5) is 5.69 Å². The first-order valence-electron chi connectivity index (χ1n) is 10.4. The Kier molecular flexibility index (Phi) is 6.11. The van der Waals surface area contributed by atoms with Crippen LogP contribution in [0.25, 0.3) is 0 Å². The fourth-order valence-electron chi connectivity index (χ4n) is 4.05. The number of nitrogens with one attached hydrogen (secondary N) is 1. The SMILES string of the molecule is Cc1ccc2c(c1)OC(C)(C)C[C@@H]2NC(=O)[C@H](C)N(c1ccc(C)c(C)c1)S(C)(=O)=O. The van der Waals surface area contributed by atoms with E-state index in [1.54, 1.807) is 19.1 Å².